The number of piperidine rings is 1. The number of hydrogen-bond donors (Lipinski definition) is 2. The highest BCUT2D eigenvalue weighted by Gasteiger charge is 2.54. The number of nitrogens with zero attached hydrogens (tertiary/aromatic N) is 3. The summed E-state index contributed by atoms with van der Waals surface area (Å²) < 4.78 is 30.3. The van der Waals surface area contributed by atoms with Crippen LogP contribution in [0.15, 0.2) is 12.5 Å². The first-order valence-electron chi connectivity index (χ1n) is 10.0. The van der Waals surface area contributed by atoms with Gasteiger partial charge in [-0.25, -0.2) is 13.4 Å². The van der Waals surface area contributed by atoms with Crippen molar-refractivity contribution in [2.75, 3.05) is 31.7 Å². The maximum absolute atomic E-state index is 12.6. The van der Waals surface area contributed by atoms with Gasteiger partial charge in [-0.15, -0.1) is 0 Å². The Morgan fingerprint density at radius 1 is 1.33 bits per heavy atom. The normalized spacial score (nSPS) is 26.5. The quantitative estimate of drug-likeness (QED) is 0.628. The third kappa shape index (κ3) is 4.84. The molecule has 0 radical (unpaired) electrons. The van der Waals surface area contributed by atoms with Gasteiger partial charge in [0.25, 0.3) is 5.91 Å². The highest BCUT2D eigenvalue weighted by molar-refractivity contribution is 7.90. The zero-order valence-electron chi connectivity index (χ0n) is 17.6. The number of aliphatic hydroxyl groups is 1. The summed E-state index contributed by atoms with van der Waals surface area (Å²) in [5.41, 5.74) is -1.48. The molecule has 2 N–H and O–H groups in total. The van der Waals surface area contributed by atoms with Crippen molar-refractivity contribution in [2.45, 2.75) is 49.9 Å². The van der Waals surface area contributed by atoms with E-state index in [1.165, 1.54) is 6.33 Å². The topological polar surface area (TPSA) is 131 Å². The van der Waals surface area contributed by atoms with Crippen LogP contribution in [0.2, 0.25) is 0 Å². The summed E-state index contributed by atoms with van der Waals surface area (Å²) >= 11 is 0. The molecule has 0 bridgehead atoms. The predicted octanol–water partition coefficient (Wildman–Crippen LogP) is -0.514. The predicted molar refractivity (Wildman–Crippen MR) is 109 cm³/mol. The van der Waals surface area contributed by atoms with Gasteiger partial charge in [-0.3, -0.25) is 9.59 Å². The third-order valence-electron chi connectivity index (χ3n) is 6.10. The van der Waals surface area contributed by atoms with E-state index in [2.05, 4.69) is 10.3 Å². The third-order valence-corrected chi connectivity index (χ3v) is 7.04. The molecular weight excluding hydrogens is 412 g/mol. The largest absolute Gasteiger partial charge is 0.388 e. The van der Waals surface area contributed by atoms with Crippen LogP contribution in [0.4, 0.5) is 0 Å². The number of carbonyl (C=O) groups excluding carboxylic acids is 2. The first-order valence-corrected chi connectivity index (χ1v) is 12.1. The number of imidazole rings is 1. The summed E-state index contributed by atoms with van der Waals surface area (Å²) in [7, 11) is -1.43. The molecule has 2 fully saturated rings. The molecule has 1 aromatic rings. The molecule has 1 aromatic heterocycles. The molecule has 30 heavy (non-hydrogen) atoms. The van der Waals surface area contributed by atoms with Crippen molar-refractivity contribution in [3.63, 3.8) is 0 Å². The molecule has 0 aromatic carbocycles. The Morgan fingerprint density at radius 2 is 2.00 bits per heavy atom. The number of ether oxygens (including phenoxy) is 1. The molecule has 1 spiro atoms. The lowest BCUT2D eigenvalue weighted by molar-refractivity contribution is -0.205. The highest BCUT2D eigenvalue weighted by Crippen LogP contribution is 2.40. The molecule has 3 heterocycles. The molecule has 2 atom stereocenters. The van der Waals surface area contributed by atoms with Crippen molar-refractivity contribution in [3.05, 3.63) is 18.2 Å². The van der Waals surface area contributed by atoms with Crippen LogP contribution in [-0.2, 0) is 26.4 Å². The van der Waals surface area contributed by atoms with Crippen LogP contribution in [0.3, 0.4) is 0 Å². The number of sulfone groups is 1. The van der Waals surface area contributed by atoms with Gasteiger partial charge in [-0.2, -0.15) is 0 Å². The first kappa shape index (κ1) is 22.7. The second kappa shape index (κ2) is 8.27. The Hall–Kier alpha value is -1.98. The van der Waals surface area contributed by atoms with E-state index in [9.17, 15) is 23.1 Å². The Bertz CT molecular complexity index is 906. The fraction of sp³-hybridized carbons (Fsp3) is 0.737. The summed E-state index contributed by atoms with van der Waals surface area (Å²) in [6.07, 6.45) is 4.52. The molecule has 0 unspecified atom stereocenters. The van der Waals surface area contributed by atoms with Crippen LogP contribution >= 0.6 is 0 Å². The maximum atomic E-state index is 12.6. The number of aliphatic hydroxyl groups excluding tert-OH is 1. The van der Waals surface area contributed by atoms with Crippen LogP contribution in [0.25, 0.3) is 0 Å². The Balaban J connectivity index is 1.64. The van der Waals surface area contributed by atoms with Crippen LogP contribution in [-0.4, -0.2) is 88.7 Å². The Labute approximate surface area is 176 Å². The number of rotatable bonds is 5. The maximum Gasteiger partial charge on any atom is 0.271 e. The summed E-state index contributed by atoms with van der Waals surface area (Å²) in [6, 6.07) is 0. The van der Waals surface area contributed by atoms with Gasteiger partial charge < -0.3 is 24.6 Å². The van der Waals surface area contributed by atoms with Crippen molar-refractivity contribution in [1.29, 1.82) is 0 Å². The number of amides is 2. The van der Waals surface area contributed by atoms with Gasteiger partial charge in [0.1, 0.15) is 21.6 Å². The van der Waals surface area contributed by atoms with Crippen LogP contribution < -0.4 is 5.32 Å². The van der Waals surface area contributed by atoms with Gasteiger partial charge in [-0.05, 0) is 26.2 Å². The molecule has 3 rings (SSSR count). The van der Waals surface area contributed by atoms with E-state index in [1.54, 1.807) is 29.6 Å². The second-order valence-electron chi connectivity index (χ2n) is 8.62. The van der Waals surface area contributed by atoms with Crippen molar-refractivity contribution in [2.24, 2.45) is 7.05 Å². The van der Waals surface area contributed by atoms with Crippen molar-refractivity contribution in [3.8, 4) is 0 Å². The number of aromatic nitrogens is 2. The molecular formula is C19H30N4O6S. The van der Waals surface area contributed by atoms with Gasteiger partial charge in [-0.1, -0.05) is 0 Å². The SMILES string of the molecule is Cn1cnc(C(=O)N[C@]2(C)CCOC3(CCN(C(=O)CCS(C)(=O)=O)CC3)[C@H]2O)c1. The molecule has 2 aliphatic heterocycles. The number of nitrogens with one attached hydrogen (secondary N) is 1. The van der Waals surface area contributed by atoms with E-state index >= 15 is 0 Å². The molecule has 0 saturated carbocycles. The van der Waals surface area contributed by atoms with Gasteiger partial charge >= 0.3 is 0 Å². The Morgan fingerprint density at radius 3 is 2.57 bits per heavy atom. The molecule has 2 saturated heterocycles. The van der Waals surface area contributed by atoms with Crippen LogP contribution in [0.5, 0.6) is 0 Å². The number of aryl methyl sites for hydroxylation is 1. The van der Waals surface area contributed by atoms with Crippen molar-refractivity contribution < 1.29 is 27.9 Å². The standard InChI is InChI=1S/C19H30N4O6S/c1-18(21-16(25)14-12-22(2)13-20-14)7-10-29-19(17(18)26)5-8-23(9-6-19)15(24)4-11-30(3,27)28/h12-13,17,26H,4-11H2,1-3H3,(H,21,25)/t17-,18+/m0/s1. The van der Waals surface area contributed by atoms with Crippen molar-refractivity contribution >= 4 is 21.7 Å². The smallest absolute Gasteiger partial charge is 0.271 e. The molecule has 168 valence electrons. The number of hydrogen-bond acceptors (Lipinski definition) is 7. The minimum atomic E-state index is -3.20. The lowest BCUT2D eigenvalue weighted by Gasteiger charge is -2.53. The fourth-order valence-corrected chi connectivity index (χ4v) is 4.78. The van der Waals surface area contributed by atoms with Gasteiger partial charge in [0.15, 0.2) is 0 Å². The average Bonchev–Trinajstić information content (AvgIpc) is 3.11. The molecule has 11 heteroatoms. The number of likely N-dealkylation sites (tertiary alicyclic amines) is 1. The summed E-state index contributed by atoms with van der Waals surface area (Å²) in [5, 5.41) is 14.1. The summed E-state index contributed by atoms with van der Waals surface area (Å²) in [5.74, 6) is -0.751. The minimum absolute atomic E-state index is 0.0485. The number of carbonyl (C=O) groups is 2. The van der Waals surface area contributed by atoms with E-state index in [1.807, 2.05) is 0 Å². The Kier molecular flexibility index (Phi) is 6.26. The van der Waals surface area contributed by atoms with E-state index < -0.39 is 27.1 Å². The van der Waals surface area contributed by atoms with Gasteiger partial charge in [0, 0.05) is 45.6 Å². The highest BCUT2D eigenvalue weighted by atomic mass is 32.2. The second-order valence-corrected chi connectivity index (χ2v) is 10.9. The van der Waals surface area contributed by atoms with E-state index in [4.69, 9.17) is 4.74 Å². The van der Waals surface area contributed by atoms with Crippen LogP contribution in [0, 0.1) is 0 Å². The lowest BCUT2D eigenvalue weighted by atomic mass is 9.73. The monoisotopic (exact) mass is 442 g/mol. The van der Waals surface area contributed by atoms with E-state index in [0.717, 1.165) is 6.26 Å². The van der Waals surface area contributed by atoms with Gasteiger partial charge in [0.05, 0.1) is 23.2 Å². The van der Waals surface area contributed by atoms with Crippen LogP contribution in [0.1, 0.15) is 43.1 Å². The zero-order valence-corrected chi connectivity index (χ0v) is 18.4. The summed E-state index contributed by atoms with van der Waals surface area (Å²) in [4.78, 5) is 30.6. The molecule has 0 aliphatic carbocycles. The van der Waals surface area contributed by atoms with E-state index in [-0.39, 0.29) is 29.7 Å². The lowest BCUT2D eigenvalue weighted by Crippen LogP contribution is -2.69. The molecule has 2 amide bonds. The van der Waals surface area contributed by atoms with E-state index in [0.29, 0.717) is 39.0 Å². The molecule has 2 aliphatic rings. The zero-order chi connectivity index (χ0) is 22.2. The minimum Gasteiger partial charge on any atom is -0.388 e. The van der Waals surface area contributed by atoms with Crippen molar-refractivity contribution in [1.82, 2.24) is 19.8 Å². The molecule has 10 nitrogen and oxygen atoms in total. The first-order chi connectivity index (χ1) is 13.9. The summed E-state index contributed by atoms with van der Waals surface area (Å²) in [6.45, 7) is 2.90. The fourth-order valence-electron chi connectivity index (χ4n) is 4.23. The average molecular weight is 443 g/mol. The van der Waals surface area contributed by atoms with Gasteiger partial charge in [0.2, 0.25) is 5.91 Å².